The number of para-hydroxylation sites is 2. The lowest BCUT2D eigenvalue weighted by Gasteiger charge is -1.95. The van der Waals surface area contributed by atoms with Gasteiger partial charge in [-0.2, -0.15) is 0 Å². The molecule has 0 atom stereocenters. The van der Waals surface area contributed by atoms with Crippen LogP contribution in [0.4, 0.5) is 0 Å². The molecular weight excluding hydrogens is 226 g/mol. The van der Waals surface area contributed by atoms with Crippen LogP contribution >= 0.6 is 11.8 Å². The highest BCUT2D eigenvalue weighted by Gasteiger charge is 2.07. The molecule has 2 rings (SSSR count). The number of hydrogen-bond acceptors (Lipinski definition) is 5. The number of oxazole rings is 1. The van der Waals surface area contributed by atoms with Crippen molar-refractivity contribution in [1.82, 2.24) is 4.98 Å². The molecule has 16 heavy (non-hydrogen) atoms. The zero-order valence-corrected chi connectivity index (χ0v) is 9.62. The van der Waals surface area contributed by atoms with Crippen molar-refractivity contribution in [1.29, 1.82) is 0 Å². The molecule has 0 aliphatic heterocycles. The highest BCUT2D eigenvalue weighted by molar-refractivity contribution is 7.99. The van der Waals surface area contributed by atoms with Gasteiger partial charge >= 0.3 is 5.97 Å². The molecule has 0 unspecified atom stereocenters. The highest BCUT2D eigenvalue weighted by atomic mass is 32.2. The van der Waals surface area contributed by atoms with E-state index in [4.69, 9.17) is 4.42 Å². The zero-order valence-electron chi connectivity index (χ0n) is 8.80. The second kappa shape index (κ2) is 5.03. The summed E-state index contributed by atoms with van der Waals surface area (Å²) in [4.78, 5) is 15.2. The van der Waals surface area contributed by atoms with Gasteiger partial charge in [-0.3, -0.25) is 4.79 Å². The number of ether oxygens (including phenoxy) is 1. The summed E-state index contributed by atoms with van der Waals surface area (Å²) in [6.45, 7) is 0. The molecule has 0 radical (unpaired) electrons. The van der Waals surface area contributed by atoms with Crippen LogP contribution in [0, 0.1) is 0 Å². The lowest BCUT2D eigenvalue weighted by atomic mass is 10.3. The first-order valence-electron chi connectivity index (χ1n) is 4.85. The Bertz CT molecular complexity index is 462. The monoisotopic (exact) mass is 237 g/mol. The van der Waals surface area contributed by atoms with Gasteiger partial charge in [0.1, 0.15) is 5.52 Å². The highest BCUT2D eigenvalue weighted by Crippen LogP contribution is 2.23. The van der Waals surface area contributed by atoms with Crippen LogP contribution in [0.2, 0.25) is 0 Å². The number of esters is 1. The molecule has 0 N–H and O–H groups in total. The molecule has 0 aliphatic carbocycles. The van der Waals surface area contributed by atoms with Crippen molar-refractivity contribution >= 4 is 28.8 Å². The van der Waals surface area contributed by atoms with Crippen molar-refractivity contribution in [3.8, 4) is 0 Å². The summed E-state index contributed by atoms with van der Waals surface area (Å²) in [6.07, 6.45) is 0.361. The van der Waals surface area contributed by atoms with Gasteiger partial charge < -0.3 is 9.15 Å². The van der Waals surface area contributed by atoms with Crippen LogP contribution < -0.4 is 0 Å². The lowest BCUT2D eigenvalue weighted by molar-refractivity contribution is -0.140. The summed E-state index contributed by atoms with van der Waals surface area (Å²) in [5, 5.41) is 0.588. The summed E-state index contributed by atoms with van der Waals surface area (Å²) in [5.74, 6) is 0.392. The molecule has 1 aromatic heterocycles. The minimum absolute atomic E-state index is 0.219. The topological polar surface area (TPSA) is 52.3 Å². The first-order chi connectivity index (χ1) is 7.79. The molecule has 0 aliphatic rings. The van der Waals surface area contributed by atoms with E-state index in [9.17, 15) is 4.79 Å². The van der Waals surface area contributed by atoms with Crippen LogP contribution in [-0.2, 0) is 9.53 Å². The number of benzene rings is 1. The third kappa shape index (κ3) is 2.55. The van der Waals surface area contributed by atoms with Crippen LogP contribution in [0.15, 0.2) is 33.9 Å². The molecule has 0 bridgehead atoms. The van der Waals surface area contributed by atoms with Crippen molar-refractivity contribution < 1.29 is 13.9 Å². The van der Waals surface area contributed by atoms with Gasteiger partial charge in [-0.1, -0.05) is 23.9 Å². The van der Waals surface area contributed by atoms with Crippen LogP contribution in [0.5, 0.6) is 0 Å². The fourth-order valence-corrected chi connectivity index (χ4v) is 1.99. The fraction of sp³-hybridized carbons (Fsp3) is 0.273. The zero-order chi connectivity index (χ0) is 11.4. The predicted octanol–water partition coefficient (Wildman–Crippen LogP) is 2.48. The van der Waals surface area contributed by atoms with E-state index >= 15 is 0 Å². The molecule has 2 aromatic rings. The van der Waals surface area contributed by atoms with Crippen LogP contribution in [0.25, 0.3) is 11.1 Å². The standard InChI is InChI=1S/C11H11NO3S/c1-14-10(13)6-7-16-11-12-8-4-2-3-5-9(8)15-11/h2-5H,6-7H2,1H3. The van der Waals surface area contributed by atoms with Gasteiger partial charge in [0, 0.05) is 5.75 Å². The molecule has 0 amide bonds. The molecule has 0 spiro atoms. The summed E-state index contributed by atoms with van der Waals surface area (Å²) in [6, 6.07) is 7.57. The average Bonchev–Trinajstić information content (AvgIpc) is 2.71. The number of rotatable bonds is 4. The number of nitrogens with zero attached hydrogens (tertiary/aromatic N) is 1. The Kier molecular flexibility index (Phi) is 3.46. The Morgan fingerprint density at radius 3 is 3.06 bits per heavy atom. The van der Waals surface area contributed by atoms with Gasteiger partial charge in [0.25, 0.3) is 5.22 Å². The van der Waals surface area contributed by atoms with Crippen molar-refractivity contribution in [3.63, 3.8) is 0 Å². The van der Waals surface area contributed by atoms with Crippen molar-refractivity contribution in [2.24, 2.45) is 0 Å². The molecule has 0 saturated heterocycles. The summed E-state index contributed by atoms with van der Waals surface area (Å²) >= 11 is 1.41. The number of carbonyl (C=O) groups excluding carboxylic acids is 1. The van der Waals surface area contributed by atoms with E-state index in [0.29, 0.717) is 17.4 Å². The molecule has 1 aromatic carbocycles. The third-order valence-corrected chi connectivity index (χ3v) is 2.86. The van der Waals surface area contributed by atoms with Crippen LogP contribution in [0.1, 0.15) is 6.42 Å². The van der Waals surface area contributed by atoms with E-state index in [1.807, 2.05) is 24.3 Å². The van der Waals surface area contributed by atoms with E-state index in [1.165, 1.54) is 18.9 Å². The molecule has 0 fully saturated rings. The maximum atomic E-state index is 10.9. The third-order valence-electron chi connectivity index (χ3n) is 2.03. The second-order valence-corrected chi connectivity index (χ2v) is 4.17. The SMILES string of the molecule is COC(=O)CCSc1nc2ccccc2o1. The first kappa shape index (κ1) is 11.0. The Labute approximate surface area is 97.0 Å². The normalized spacial score (nSPS) is 10.6. The van der Waals surface area contributed by atoms with Crippen molar-refractivity contribution in [2.75, 3.05) is 12.9 Å². The largest absolute Gasteiger partial charge is 0.469 e. The lowest BCUT2D eigenvalue weighted by Crippen LogP contribution is -2.00. The number of fused-ring (bicyclic) bond motifs is 1. The Morgan fingerprint density at radius 1 is 1.50 bits per heavy atom. The molecule has 84 valence electrons. The van der Waals surface area contributed by atoms with Gasteiger partial charge in [0.05, 0.1) is 13.5 Å². The van der Waals surface area contributed by atoms with E-state index < -0.39 is 0 Å². The number of aromatic nitrogens is 1. The fourth-order valence-electron chi connectivity index (χ4n) is 1.24. The van der Waals surface area contributed by atoms with E-state index in [1.54, 1.807) is 0 Å². The smallest absolute Gasteiger partial charge is 0.306 e. The summed E-state index contributed by atoms with van der Waals surface area (Å²) in [7, 11) is 1.38. The van der Waals surface area contributed by atoms with E-state index in [2.05, 4.69) is 9.72 Å². The average molecular weight is 237 g/mol. The molecule has 1 heterocycles. The van der Waals surface area contributed by atoms with Crippen molar-refractivity contribution in [3.05, 3.63) is 24.3 Å². The Hall–Kier alpha value is -1.49. The number of methoxy groups -OCH3 is 1. The summed E-state index contributed by atoms with van der Waals surface area (Å²) in [5.41, 5.74) is 1.60. The molecule has 4 nitrogen and oxygen atoms in total. The molecule has 5 heteroatoms. The number of carbonyl (C=O) groups is 1. The van der Waals surface area contributed by atoms with Crippen LogP contribution in [0.3, 0.4) is 0 Å². The van der Waals surface area contributed by atoms with E-state index in [0.717, 1.165) is 11.1 Å². The predicted molar refractivity (Wildman–Crippen MR) is 61.4 cm³/mol. The van der Waals surface area contributed by atoms with Gasteiger partial charge in [-0.05, 0) is 12.1 Å². The van der Waals surface area contributed by atoms with E-state index in [-0.39, 0.29) is 5.97 Å². The minimum Gasteiger partial charge on any atom is -0.469 e. The molecular formula is C11H11NO3S. The maximum absolute atomic E-state index is 10.9. The quantitative estimate of drug-likeness (QED) is 0.604. The minimum atomic E-state index is -0.219. The Morgan fingerprint density at radius 2 is 2.31 bits per heavy atom. The first-order valence-corrected chi connectivity index (χ1v) is 5.83. The van der Waals surface area contributed by atoms with Crippen molar-refractivity contribution in [2.45, 2.75) is 11.6 Å². The second-order valence-electron chi connectivity index (χ2n) is 3.12. The molecule has 0 saturated carbocycles. The van der Waals surface area contributed by atoms with Gasteiger partial charge in [-0.25, -0.2) is 4.98 Å². The van der Waals surface area contributed by atoms with Crippen LogP contribution in [-0.4, -0.2) is 23.8 Å². The van der Waals surface area contributed by atoms with Gasteiger partial charge in [0.15, 0.2) is 5.58 Å². The summed E-state index contributed by atoms with van der Waals surface area (Å²) < 4.78 is 10.0. The van der Waals surface area contributed by atoms with Gasteiger partial charge in [0.2, 0.25) is 0 Å². The Balaban J connectivity index is 1.97. The van der Waals surface area contributed by atoms with Gasteiger partial charge in [-0.15, -0.1) is 0 Å². The number of thioether (sulfide) groups is 1. The number of hydrogen-bond donors (Lipinski definition) is 0. The maximum Gasteiger partial charge on any atom is 0.306 e.